The van der Waals surface area contributed by atoms with Gasteiger partial charge in [0.2, 0.25) is 10.0 Å². The Hall–Kier alpha value is -2.65. The average Bonchev–Trinajstić information content (AvgIpc) is 3.11. The summed E-state index contributed by atoms with van der Waals surface area (Å²) in [5, 5.41) is 16.7. The predicted octanol–water partition coefficient (Wildman–Crippen LogP) is 2.98. The molecule has 9 heteroatoms. The van der Waals surface area contributed by atoms with Gasteiger partial charge in [-0.25, -0.2) is 13.6 Å². The van der Waals surface area contributed by atoms with Crippen LogP contribution in [-0.4, -0.2) is 26.5 Å². The largest absolute Gasteiger partial charge is 0.494 e. The molecule has 1 atom stereocenters. The van der Waals surface area contributed by atoms with Gasteiger partial charge in [0.25, 0.3) is 5.69 Å². The van der Waals surface area contributed by atoms with Crippen molar-refractivity contribution in [1.29, 1.82) is 0 Å². The number of nitrogens with two attached hydrogens (primary N) is 1. The van der Waals surface area contributed by atoms with Crippen molar-refractivity contribution in [2.75, 3.05) is 18.1 Å². The average molecular weight is 391 g/mol. The number of rotatable bonds is 6. The summed E-state index contributed by atoms with van der Waals surface area (Å²) in [6, 6.07) is 11.5. The molecule has 144 valence electrons. The maximum absolute atomic E-state index is 11.5. The number of nitro groups is 1. The summed E-state index contributed by atoms with van der Waals surface area (Å²) in [5.74, 6) is 0.772. The van der Waals surface area contributed by atoms with Crippen LogP contribution in [0.3, 0.4) is 0 Å². The van der Waals surface area contributed by atoms with Crippen molar-refractivity contribution >= 4 is 21.4 Å². The minimum absolute atomic E-state index is 0.0280. The number of primary sulfonamides is 1. The highest BCUT2D eigenvalue weighted by molar-refractivity contribution is 7.89. The van der Waals surface area contributed by atoms with Gasteiger partial charge in [0.1, 0.15) is 11.4 Å². The van der Waals surface area contributed by atoms with Crippen LogP contribution in [0.2, 0.25) is 0 Å². The number of nitrogens with zero attached hydrogens (tertiary/aromatic N) is 2. The van der Waals surface area contributed by atoms with Crippen LogP contribution in [0.1, 0.15) is 31.4 Å². The van der Waals surface area contributed by atoms with Gasteiger partial charge in [-0.2, -0.15) is 0 Å². The number of sulfonamides is 1. The first kappa shape index (κ1) is 19.1. The molecule has 3 rings (SSSR count). The fourth-order valence-electron chi connectivity index (χ4n) is 3.42. The topological polar surface area (TPSA) is 116 Å². The quantitative estimate of drug-likeness (QED) is 0.598. The first-order chi connectivity index (χ1) is 12.8. The van der Waals surface area contributed by atoms with E-state index in [-0.39, 0.29) is 16.6 Å². The van der Waals surface area contributed by atoms with E-state index >= 15 is 0 Å². The first-order valence-corrected chi connectivity index (χ1v) is 10.2. The molecule has 1 aliphatic heterocycles. The second-order valence-electron chi connectivity index (χ2n) is 6.31. The third kappa shape index (κ3) is 4.04. The molecule has 0 aliphatic carbocycles. The molecule has 0 radical (unpaired) electrons. The fraction of sp³-hybridized carbons (Fsp3) is 0.333. The highest BCUT2D eigenvalue weighted by Crippen LogP contribution is 2.41. The lowest BCUT2D eigenvalue weighted by Gasteiger charge is -2.27. The summed E-state index contributed by atoms with van der Waals surface area (Å²) in [7, 11) is -4.01. The van der Waals surface area contributed by atoms with Crippen LogP contribution < -0.4 is 14.8 Å². The molecule has 1 aliphatic rings. The Morgan fingerprint density at radius 2 is 1.96 bits per heavy atom. The summed E-state index contributed by atoms with van der Waals surface area (Å²) in [6.07, 6.45) is 1.73. The summed E-state index contributed by atoms with van der Waals surface area (Å²) in [4.78, 5) is 12.6. The van der Waals surface area contributed by atoms with E-state index in [0.717, 1.165) is 30.2 Å². The highest BCUT2D eigenvalue weighted by Gasteiger charge is 2.31. The second kappa shape index (κ2) is 7.53. The van der Waals surface area contributed by atoms with Gasteiger partial charge >= 0.3 is 0 Å². The van der Waals surface area contributed by atoms with Crippen molar-refractivity contribution in [3.05, 3.63) is 58.1 Å². The molecule has 1 heterocycles. The molecular formula is C18H21N3O5S. The third-order valence-corrected chi connectivity index (χ3v) is 5.52. The Morgan fingerprint density at radius 3 is 2.56 bits per heavy atom. The van der Waals surface area contributed by atoms with Crippen LogP contribution in [0, 0.1) is 10.1 Å². The van der Waals surface area contributed by atoms with Gasteiger partial charge in [-0.1, -0.05) is 12.1 Å². The predicted molar refractivity (Wildman–Crippen MR) is 101 cm³/mol. The van der Waals surface area contributed by atoms with Crippen molar-refractivity contribution in [3.8, 4) is 5.75 Å². The van der Waals surface area contributed by atoms with Gasteiger partial charge < -0.3 is 9.64 Å². The number of anilines is 1. The second-order valence-corrected chi connectivity index (χ2v) is 7.87. The molecule has 0 spiro atoms. The molecule has 2 aromatic carbocycles. The van der Waals surface area contributed by atoms with Crippen molar-refractivity contribution in [2.24, 2.45) is 5.14 Å². The van der Waals surface area contributed by atoms with Gasteiger partial charge in [0, 0.05) is 12.6 Å². The first-order valence-electron chi connectivity index (χ1n) is 8.62. The van der Waals surface area contributed by atoms with Crippen LogP contribution in [-0.2, 0) is 10.0 Å². The smallest absolute Gasteiger partial charge is 0.293 e. The fourth-order valence-corrected chi connectivity index (χ4v) is 3.96. The number of benzene rings is 2. The van der Waals surface area contributed by atoms with Gasteiger partial charge in [0.15, 0.2) is 0 Å². The maximum Gasteiger partial charge on any atom is 0.293 e. The zero-order valence-electron chi connectivity index (χ0n) is 14.9. The number of hydrogen-bond donors (Lipinski definition) is 1. The Kier molecular flexibility index (Phi) is 5.33. The maximum atomic E-state index is 11.5. The zero-order chi connectivity index (χ0) is 19.6. The van der Waals surface area contributed by atoms with Crippen molar-refractivity contribution < 1.29 is 18.1 Å². The lowest BCUT2D eigenvalue weighted by molar-refractivity contribution is -0.384. The Balaban J connectivity index is 1.98. The lowest BCUT2D eigenvalue weighted by atomic mass is 10.0. The highest BCUT2D eigenvalue weighted by atomic mass is 32.2. The van der Waals surface area contributed by atoms with Crippen molar-refractivity contribution in [2.45, 2.75) is 30.7 Å². The molecule has 27 heavy (non-hydrogen) atoms. The van der Waals surface area contributed by atoms with E-state index in [0.29, 0.717) is 18.8 Å². The summed E-state index contributed by atoms with van der Waals surface area (Å²) >= 11 is 0. The SMILES string of the molecule is CCOc1ccc([C@@H]2CCCN2c2ccc(S(N)(=O)=O)cc2[N+](=O)[O-])cc1. The minimum Gasteiger partial charge on any atom is -0.494 e. The summed E-state index contributed by atoms with van der Waals surface area (Å²) in [6.45, 7) is 3.14. The monoisotopic (exact) mass is 391 g/mol. The van der Waals surface area contributed by atoms with Gasteiger partial charge in [0.05, 0.1) is 22.5 Å². The zero-order valence-corrected chi connectivity index (χ0v) is 15.7. The molecule has 0 unspecified atom stereocenters. The van der Waals surface area contributed by atoms with Gasteiger partial charge in [-0.3, -0.25) is 10.1 Å². The van der Waals surface area contributed by atoms with E-state index in [4.69, 9.17) is 9.88 Å². The molecule has 2 N–H and O–H groups in total. The molecule has 8 nitrogen and oxygen atoms in total. The van der Waals surface area contributed by atoms with Crippen LogP contribution in [0.15, 0.2) is 47.4 Å². The Bertz CT molecular complexity index is 944. The molecular weight excluding hydrogens is 370 g/mol. The van der Waals surface area contributed by atoms with E-state index in [1.54, 1.807) is 0 Å². The van der Waals surface area contributed by atoms with E-state index < -0.39 is 14.9 Å². The van der Waals surface area contributed by atoms with E-state index in [2.05, 4.69) is 0 Å². The molecule has 0 saturated carbocycles. The molecule has 0 amide bonds. The number of nitro benzene ring substituents is 1. The molecule has 1 fully saturated rings. The van der Waals surface area contributed by atoms with Crippen LogP contribution in [0.5, 0.6) is 5.75 Å². The third-order valence-electron chi connectivity index (χ3n) is 4.61. The van der Waals surface area contributed by atoms with Crippen LogP contribution >= 0.6 is 0 Å². The molecule has 2 aromatic rings. The van der Waals surface area contributed by atoms with Crippen LogP contribution in [0.25, 0.3) is 0 Å². The van der Waals surface area contributed by atoms with Crippen molar-refractivity contribution in [3.63, 3.8) is 0 Å². The summed E-state index contributed by atoms with van der Waals surface area (Å²) < 4.78 is 28.5. The van der Waals surface area contributed by atoms with Gasteiger partial charge in [-0.15, -0.1) is 0 Å². The molecule has 0 bridgehead atoms. The van der Waals surface area contributed by atoms with Crippen LogP contribution in [0.4, 0.5) is 11.4 Å². The number of hydrogen-bond acceptors (Lipinski definition) is 6. The minimum atomic E-state index is -4.01. The lowest BCUT2D eigenvalue weighted by Crippen LogP contribution is -2.24. The Labute approximate surface area is 157 Å². The normalized spacial score (nSPS) is 17.1. The standard InChI is InChI=1S/C18H21N3O5S/c1-2-26-14-7-5-13(6-8-14)16-4-3-11-20(16)17-10-9-15(27(19,24)25)12-18(17)21(22)23/h5-10,12,16H,2-4,11H2,1H3,(H2,19,24,25)/t16-/m0/s1. The number of ether oxygens (including phenoxy) is 1. The Morgan fingerprint density at radius 1 is 1.26 bits per heavy atom. The van der Waals surface area contributed by atoms with E-state index in [1.807, 2.05) is 36.1 Å². The van der Waals surface area contributed by atoms with Gasteiger partial charge in [-0.05, 0) is 49.6 Å². The molecule has 0 aromatic heterocycles. The summed E-state index contributed by atoms with van der Waals surface area (Å²) in [5.41, 5.74) is 1.16. The molecule has 1 saturated heterocycles. The van der Waals surface area contributed by atoms with Crippen molar-refractivity contribution in [1.82, 2.24) is 0 Å². The van der Waals surface area contributed by atoms with E-state index in [9.17, 15) is 18.5 Å². The van der Waals surface area contributed by atoms with E-state index in [1.165, 1.54) is 12.1 Å².